The third-order valence-electron chi connectivity index (χ3n) is 2.02. The number of carbonyl (C=O) groups is 2. The molecular weight excluding hydrogens is 240 g/mol. The van der Waals surface area contributed by atoms with Crippen molar-refractivity contribution in [3.8, 4) is 12.3 Å². The maximum atomic E-state index is 11.5. The van der Waals surface area contributed by atoms with Gasteiger partial charge in [0.1, 0.15) is 6.04 Å². The van der Waals surface area contributed by atoms with Crippen molar-refractivity contribution >= 4 is 12.0 Å². The number of carboxylic acids is 1. The fourth-order valence-corrected chi connectivity index (χ4v) is 1.13. The van der Waals surface area contributed by atoms with Crippen molar-refractivity contribution in [1.29, 1.82) is 0 Å². The Morgan fingerprint density at radius 1 is 1.56 bits per heavy atom. The molecule has 0 saturated carbocycles. The Bertz CT molecular complexity index is 451. The number of aromatic nitrogens is 4. The summed E-state index contributed by atoms with van der Waals surface area (Å²) in [5.41, 5.74) is 0. The van der Waals surface area contributed by atoms with E-state index in [1.54, 1.807) is 6.92 Å². The molecule has 1 heterocycles. The molecule has 0 aromatic carbocycles. The largest absolute Gasteiger partial charge is 0.480 e. The molecule has 9 nitrogen and oxygen atoms in total. The number of carbonyl (C=O) groups excluding carboxylic acids is 1. The number of nitrogens with one attached hydrogen (secondary N) is 3. The lowest BCUT2D eigenvalue weighted by atomic mass is 10.2. The van der Waals surface area contributed by atoms with Gasteiger partial charge in [0.2, 0.25) is 0 Å². The second-order valence-electron chi connectivity index (χ2n) is 3.41. The number of terminal acetylenes is 1. The summed E-state index contributed by atoms with van der Waals surface area (Å²) in [6.07, 6.45) is 4.91. The second kappa shape index (κ2) is 6.19. The first-order valence-electron chi connectivity index (χ1n) is 5.01. The molecule has 1 aromatic rings. The Morgan fingerprint density at radius 2 is 2.28 bits per heavy atom. The molecule has 1 rings (SSSR count). The van der Waals surface area contributed by atoms with Crippen molar-refractivity contribution in [3.63, 3.8) is 0 Å². The molecule has 0 aliphatic heterocycles. The quantitative estimate of drug-likeness (QED) is 0.499. The number of carboxylic acid groups (broad SMARTS) is 1. The average Bonchev–Trinajstić information content (AvgIpc) is 2.81. The molecule has 0 radical (unpaired) electrons. The molecule has 0 spiro atoms. The minimum Gasteiger partial charge on any atom is -0.480 e. The number of amides is 2. The van der Waals surface area contributed by atoms with Crippen molar-refractivity contribution in [2.75, 3.05) is 0 Å². The lowest BCUT2D eigenvalue weighted by Gasteiger charge is -2.15. The zero-order valence-corrected chi connectivity index (χ0v) is 9.54. The van der Waals surface area contributed by atoms with Crippen LogP contribution in [0.15, 0.2) is 0 Å². The monoisotopic (exact) mass is 252 g/mol. The normalized spacial score (nSPS) is 13.1. The third-order valence-corrected chi connectivity index (χ3v) is 2.02. The number of rotatable bonds is 5. The lowest BCUT2D eigenvalue weighted by Crippen LogP contribution is -2.46. The van der Waals surface area contributed by atoms with Crippen molar-refractivity contribution in [3.05, 3.63) is 5.82 Å². The van der Waals surface area contributed by atoms with Crippen LogP contribution in [0.4, 0.5) is 4.79 Å². The van der Waals surface area contributed by atoms with E-state index in [2.05, 4.69) is 37.2 Å². The van der Waals surface area contributed by atoms with Crippen LogP contribution in [-0.4, -0.2) is 43.8 Å². The number of nitrogens with zero attached hydrogens (tertiary/aromatic N) is 3. The molecule has 9 heteroatoms. The smallest absolute Gasteiger partial charge is 0.327 e. The SMILES string of the molecule is C#CCC(NC(=O)NC(C)c1nn[nH]n1)C(=O)O. The maximum absolute atomic E-state index is 11.5. The highest BCUT2D eigenvalue weighted by molar-refractivity contribution is 5.82. The van der Waals surface area contributed by atoms with E-state index in [4.69, 9.17) is 11.5 Å². The van der Waals surface area contributed by atoms with E-state index in [0.717, 1.165) is 0 Å². The fraction of sp³-hybridized carbons (Fsp3) is 0.444. The predicted molar refractivity (Wildman–Crippen MR) is 59.1 cm³/mol. The first-order chi connectivity index (χ1) is 8.54. The van der Waals surface area contributed by atoms with E-state index < -0.39 is 24.1 Å². The molecule has 0 aliphatic carbocycles. The van der Waals surface area contributed by atoms with E-state index in [9.17, 15) is 9.59 Å². The van der Waals surface area contributed by atoms with Gasteiger partial charge in [0.25, 0.3) is 0 Å². The minimum absolute atomic E-state index is 0.0979. The topological polar surface area (TPSA) is 133 Å². The van der Waals surface area contributed by atoms with Crippen molar-refractivity contribution in [2.45, 2.75) is 25.4 Å². The van der Waals surface area contributed by atoms with E-state index in [0.29, 0.717) is 0 Å². The Balaban J connectivity index is 2.50. The second-order valence-corrected chi connectivity index (χ2v) is 3.41. The number of aromatic amines is 1. The zero-order chi connectivity index (χ0) is 13.5. The molecule has 96 valence electrons. The van der Waals surface area contributed by atoms with E-state index >= 15 is 0 Å². The molecule has 18 heavy (non-hydrogen) atoms. The summed E-state index contributed by atoms with van der Waals surface area (Å²) in [5, 5.41) is 26.4. The standard InChI is InChI=1S/C9H12N6O3/c1-3-4-6(8(16)17)11-9(18)10-5(2)7-12-14-15-13-7/h1,5-6H,4H2,2H3,(H,16,17)(H2,10,11,18)(H,12,13,14,15). The first-order valence-corrected chi connectivity index (χ1v) is 5.01. The van der Waals surface area contributed by atoms with Gasteiger partial charge in [0.05, 0.1) is 6.04 Å². The van der Waals surface area contributed by atoms with Gasteiger partial charge in [0, 0.05) is 6.42 Å². The summed E-state index contributed by atoms with van der Waals surface area (Å²) in [4.78, 5) is 22.3. The van der Waals surface area contributed by atoms with Crippen LogP contribution in [0, 0.1) is 12.3 Å². The summed E-state index contributed by atoms with van der Waals surface area (Å²) in [6.45, 7) is 1.63. The van der Waals surface area contributed by atoms with Crippen molar-refractivity contribution in [2.24, 2.45) is 0 Å². The molecule has 2 amide bonds. The predicted octanol–water partition coefficient (Wildman–Crippen LogP) is -0.964. The van der Waals surface area contributed by atoms with Crippen LogP contribution in [0.5, 0.6) is 0 Å². The van der Waals surface area contributed by atoms with E-state index in [1.807, 2.05) is 0 Å². The molecule has 2 unspecified atom stereocenters. The van der Waals surface area contributed by atoms with E-state index in [-0.39, 0.29) is 12.2 Å². The van der Waals surface area contributed by atoms with Gasteiger partial charge in [-0.15, -0.1) is 22.5 Å². The molecule has 1 aromatic heterocycles. The molecule has 0 aliphatic rings. The van der Waals surface area contributed by atoms with Crippen LogP contribution in [0.1, 0.15) is 25.2 Å². The van der Waals surface area contributed by atoms with Gasteiger partial charge in [0.15, 0.2) is 5.82 Å². The minimum atomic E-state index is -1.20. The van der Waals surface area contributed by atoms with Gasteiger partial charge < -0.3 is 15.7 Å². The highest BCUT2D eigenvalue weighted by atomic mass is 16.4. The van der Waals surface area contributed by atoms with Gasteiger partial charge in [-0.25, -0.2) is 9.59 Å². The molecule has 0 saturated heterocycles. The van der Waals surface area contributed by atoms with Crippen LogP contribution < -0.4 is 10.6 Å². The van der Waals surface area contributed by atoms with Crippen LogP contribution in [0.25, 0.3) is 0 Å². The number of tetrazole rings is 1. The van der Waals surface area contributed by atoms with Gasteiger partial charge in [-0.05, 0) is 6.92 Å². The Morgan fingerprint density at radius 3 is 2.78 bits per heavy atom. The molecule has 0 fully saturated rings. The third kappa shape index (κ3) is 3.75. The summed E-state index contributed by atoms with van der Waals surface area (Å²) in [6, 6.07) is -2.31. The Kier molecular flexibility index (Phi) is 4.62. The van der Waals surface area contributed by atoms with Gasteiger partial charge in [-0.2, -0.15) is 5.21 Å². The van der Waals surface area contributed by atoms with Crippen LogP contribution in [-0.2, 0) is 4.79 Å². The van der Waals surface area contributed by atoms with E-state index in [1.165, 1.54) is 0 Å². The zero-order valence-electron chi connectivity index (χ0n) is 9.54. The number of hydrogen-bond acceptors (Lipinski definition) is 5. The fourth-order valence-electron chi connectivity index (χ4n) is 1.13. The van der Waals surface area contributed by atoms with Crippen molar-refractivity contribution < 1.29 is 14.7 Å². The number of urea groups is 1. The van der Waals surface area contributed by atoms with Gasteiger partial charge >= 0.3 is 12.0 Å². The Hall–Kier alpha value is -2.63. The molecular formula is C9H12N6O3. The van der Waals surface area contributed by atoms with Gasteiger partial charge in [-0.1, -0.05) is 5.21 Å². The average molecular weight is 252 g/mol. The lowest BCUT2D eigenvalue weighted by molar-refractivity contribution is -0.139. The highest BCUT2D eigenvalue weighted by Crippen LogP contribution is 2.02. The molecule has 2 atom stereocenters. The van der Waals surface area contributed by atoms with Crippen LogP contribution >= 0.6 is 0 Å². The van der Waals surface area contributed by atoms with Crippen LogP contribution in [0.3, 0.4) is 0 Å². The Labute approximate surface area is 102 Å². The molecule has 0 bridgehead atoms. The summed E-state index contributed by atoms with van der Waals surface area (Å²) in [7, 11) is 0. The summed E-state index contributed by atoms with van der Waals surface area (Å²) >= 11 is 0. The van der Waals surface area contributed by atoms with Gasteiger partial charge in [-0.3, -0.25) is 0 Å². The summed E-state index contributed by atoms with van der Waals surface area (Å²) < 4.78 is 0. The number of H-pyrrole nitrogens is 1. The maximum Gasteiger partial charge on any atom is 0.327 e. The molecule has 4 N–H and O–H groups in total. The first kappa shape index (κ1) is 13.4. The highest BCUT2D eigenvalue weighted by Gasteiger charge is 2.20. The number of hydrogen-bond donors (Lipinski definition) is 4. The number of aliphatic carboxylic acids is 1. The summed E-state index contributed by atoms with van der Waals surface area (Å²) in [5.74, 6) is 1.26. The van der Waals surface area contributed by atoms with Crippen LogP contribution in [0.2, 0.25) is 0 Å². The van der Waals surface area contributed by atoms with Crippen molar-refractivity contribution in [1.82, 2.24) is 31.3 Å².